The van der Waals surface area contributed by atoms with Gasteiger partial charge in [-0.2, -0.15) is 0 Å². The molecule has 0 aliphatic carbocycles. The van der Waals surface area contributed by atoms with Gasteiger partial charge < -0.3 is 16.4 Å². The molecule has 0 heterocycles. The van der Waals surface area contributed by atoms with Crippen molar-refractivity contribution in [2.24, 2.45) is 5.73 Å². The molecule has 4 N–H and O–H groups in total. The Morgan fingerprint density at radius 2 is 1.74 bits per heavy atom. The Labute approximate surface area is 110 Å². The smallest absolute Gasteiger partial charge is 0.313 e. The van der Waals surface area contributed by atoms with Gasteiger partial charge in [0.1, 0.15) is 0 Å². The zero-order valence-electron chi connectivity index (χ0n) is 10.3. The molecular weight excluding hydrogens is 242 g/mol. The first-order chi connectivity index (χ1) is 9.22. The molecule has 0 unspecified atom stereocenters. The topological polar surface area (TPSA) is 84.2 Å². The van der Waals surface area contributed by atoms with Crippen LogP contribution >= 0.6 is 0 Å². The van der Waals surface area contributed by atoms with Crippen molar-refractivity contribution < 1.29 is 9.59 Å². The fourth-order valence-electron chi connectivity index (χ4n) is 1.78. The first-order valence-electron chi connectivity index (χ1n) is 5.99. The van der Waals surface area contributed by atoms with Crippen LogP contribution in [0.3, 0.4) is 0 Å². The Hall–Kier alpha value is -2.40. The maximum absolute atomic E-state index is 11.7. The largest absolute Gasteiger partial charge is 0.347 e. The Kier molecular flexibility index (Phi) is 4.10. The van der Waals surface area contributed by atoms with Crippen LogP contribution in [0.1, 0.15) is 0 Å². The number of anilines is 1. The number of carbonyl (C=O) groups excluding carboxylic acids is 2. The molecule has 0 fully saturated rings. The fraction of sp³-hybridized carbons (Fsp3) is 0.143. The molecule has 0 saturated heterocycles. The first-order valence-corrected chi connectivity index (χ1v) is 5.99. The van der Waals surface area contributed by atoms with Crippen molar-refractivity contribution in [3.63, 3.8) is 0 Å². The highest BCUT2D eigenvalue weighted by atomic mass is 16.2. The number of hydrogen-bond acceptors (Lipinski definition) is 3. The normalized spacial score (nSPS) is 10.2. The van der Waals surface area contributed by atoms with Crippen LogP contribution in [0.15, 0.2) is 42.5 Å². The van der Waals surface area contributed by atoms with E-state index in [-0.39, 0.29) is 6.54 Å². The average Bonchev–Trinajstić information content (AvgIpc) is 2.45. The summed E-state index contributed by atoms with van der Waals surface area (Å²) in [5, 5.41) is 6.92. The lowest BCUT2D eigenvalue weighted by molar-refractivity contribution is -0.136. The highest BCUT2D eigenvalue weighted by Gasteiger charge is 2.13. The molecule has 2 rings (SSSR count). The van der Waals surface area contributed by atoms with Crippen LogP contribution in [0.4, 0.5) is 5.69 Å². The predicted molar refractivity (Wildman–Crippen MR) is 74.6 cm³/mol. The molecule has 2 aromatic rings. The number of nitrogens with two attached hydrogens (primary N) is 1. The molecule has 0 radical (unpaired) electrons. The van der Waals surface area contributed by atoms with Crippen molar-refractivity contribution in [3.8, 4) is 0 Å². The summed E-state index contributed by atoms with van der Waals surface area (Å²) in [6.45, 7) is 0.578. The quantitative estimate of drug-likeness (QED) is 0.713. The summed E-state index contributed by atoms with van der Waals surface area (Å²) in [7, 11) is 0. The van der Waals surface area contributed by atoms with Crippen LogP contribution in [-0.4, -0.2) is 24.9 Å². The summed E-state index contributed by atoms with van der Waals surface area (Å²) in [5.41, 5.74) is 5.87. The highest BCUT2D eigenvalue weighted by molar-refractivity contribution is 6.40. The molecule has 0 spiro atoms. The summed E-state index contributed by atoms with van der Waals surface area (Å²) < 4.78 is 0. The van der Waals surface area contributed by atoms with Gasteiger partial charge in [-0.05, 0) is 11.5 Å². The summed E-state index contributed by atoms with van der Waals surface area (Å²) in [6, 6.07) is 13.2. The van der Waals surface area contributed by atoms with Gasteiger partial charge in [-0.3, -0.25) is 9.59 Å². The zero-order chi connectivity index (χ0) is 13.7. The summed E-state index contributed by atoms with van der Waals surface area (Å²) in [6.07, 6.45) is 0. The van der Waals surface area contributed by atoms with E-state index in [1.54, 1.807) is 6.07 Å². The van der Waals surface area contributed by atoms with Crippen LogP contribution in [0, 0.1) is 0 Å². The average molecular weight is 257 g/mol. The number of fused-ring (bicyclic) bond motifs is 1. The second-order valence-corrected chi connectivity index (χ2v) is 4.03. The van der Waals surface area contributed by atoms with Crippen LogP contribution in [0.2, 0.25) is 0 Å². The number of nitrogens with one attached hydrogen (secondary N) is 2. The molecule has 0 bridgehead atoms. The maximum atomic E-state index is 11.7. The minimum Gasteiger partial charge on any atom is -0.347 e. The minimum absolute atomic E-state index is 0.280. The predicted octanol–water partition coefficient (Wildman–Crippen LogP) is 0.853. The first kappa shape index (κ1) is 13.0. The van der Waals surface area contributed by atoms with Gasteiger partial charge in [0.15, 0.2) is 0 Å². The molecule has 19 heavy (non-hydrogen) atoms. The fourth-order valence-corrected chi connectivity index (χ4v) is 1.78. The summed E-state index contributed by atoms with van der Waals surface area (Å²) in [4.78, 5) is 23.2. The SMILES string of the molecule is NCCNC(=O)C(=O)Nc1cccc2ccccc12. The lowest BCUT2D eigenvalue weighted by Gasteiger charge is -2.08. The van der Waals surface area contributed by atoms with Gasteiger partial charge in [0.25, 0.3) is 0 Å². The van der Waals surface area contributed by atoms with Crippen molar-refractivity contribution in [1.29, 1.82) is 0 Å². The second-order valence-electron chi connectivity index (χ2n) is 4.03. The van der Waals surface area contributed by atoms with Crippen LogP contribution in [0.5, 0.6) is 0 Å². The van der Waals surface area contributed by atoms with Gasteiger partial charge >= 0.3 is 11.8 Å². The molecule has 0 aromatic heterocycles. The minimum atomic E-state index is -0.690. The molecule has 0 atom stereocenters. The molecule has 98 valence electrons. The van der Waals surface area contributed by atoms with E-state index in [0.717, 1.165) is 10.8 Å². The van der Waals surface area contributed by atoms with Crippen LogP contribution < -0.4 is 16.4 Å². The molecule has 5 nitrogen and oxygen atoms in total. The van der Waals surface area contributed by atoms with E-state index in [1.165, 1.54) is 0 Å². The molecular formula is C14H15N3O2. The van der Waals surface area contributed by atoms with Gasteiger partial charge in [0.2, 0.25) is 0 Å². The van der Waals surface area contributed by atoms with E-state index in [9.17, 15) is 9.59 Å². The molecule has 0 aliphatic rings. The zero-order valence-corrected chi connectivity index (χ0v) is 10.3. The Bertz CT molecular complexity index is 605. The molecule has 2 aromatic carbocycles. The number of hydrogen-bond donors (Lipinski definition) is 3. The maximum Gasteiger partial charge on any atom is 0.313 e. The van der Waals surface area contributed by atoms with Crippen molar-refractivity contribution in [1.82, 2.24) is 5.32 Å². The van der Waals surface area contributed by atoms with Gasteiger partial charge in [-0.25, -0.2) is 0 Å². The summed E-state index contributed by atoms with van der Waals surface area (Å²) in [5.74, 6) is -1.37. The number of rotatable bonds is 3. The highest BCUT2D eigenvalue weighted by Crippen LogP contribution is 2.22. The lowest BCUT2D eigenvalue weighted by Crippen LogP contribution is -2.38. The molecule has 2 amide bonds. The van der Waals surface area contributed by atoms with Crippen LogP contribution in [-0.2, 0) is 9.59 Å². The van der Waals surface area contributed by atoms with Gasteiger partial charge in [0, 0.05) is 24.2 Å². The third-order valence-electron chi connectivity index (χ3n) is 2.67. The van der Waals surface area contributed by atoms with E-state index < -0.39 is 11.8 Å². The van der Waals surface area contributed by atoms with Gasteiger partial charge in [0.05, 0.1) is 0 Å². The number of carbonyl (C=O) groups is 2. The van der Waals surface area contributed by atoms with Crippen LogP contribution in [0.25, 0.3) is 10.8 Å². The molecule has 0 aliphatic heterocycles. The number of benzene rings is 2. The third kappa shape index (κ3) is 3.08. The Morgan fingerprint density at radius 1 is 1.00 bits per heavy atom. The Balaban J connectivity index is 2.17. The second kappa shape index (κ2) is 5.97. The van der Waals surface area contributed by atoms with E-state index in [2.05, 4.69) is 10.6 Å². The van der Waals surface area contributed by atoms with E-state index in [0.29, 0.717) is 12.2 Å². The van der Waals surface area contributed by atoms with Crippen molar-refractivity contribution in [2.45, 2.75) is 0 Å². The standard InChI is InChI=1S/C14H15N3O2/c15-8-9-16-13(18)14(19)17-12-7-3-5-10-4-1-2-6-11(10)12/h1-7H,8-9,15H2,(H,16,18)(H,17,19). The van der Waals surface area contributed by atoms with E-state index >= 15 is 0 Å². The van der Waals surface area contributed by atoms with E-state index in [4.69, 9.17) is 5.73 Å². The van der Waals surface area contributed by atoms with Crippen molar-refractivity contribution in [2.75, 3.05) is 18.4 Å². The monoisotopic (exact) mass is 257 g/mol. The number of amides is 2. The lowest BCUT2D eigenvalue weighted by atomic mass is 10.1. The third-order valence-corrected chi connectivity index (χ3v) is 2.67. The molecule has 5 heteroatoms. The Morgan fingerprint density at radius 3 is 2.53 bits per heavy atom. The molecule has 0 saturated carbocycles. The summed E-state index contributed by atoms with van der Waals surface area (Å²) >= 11 is 0. The van der Waals surface area contributed by atoms with Gasteiger partial charge in [-0.15, -0.1) is 0 Å². The van der Waals surface area contributed by atoms with Gasteiger partial charge in [-0.1, -0.05) is 36.4 Å². The van der Waals surface area contributed by atoms with Crippen molar-refractivity contribution >= 4 is 28.3 Å². The van der Waals surface area contributed by atoms with Crippen molar-refractivity contribution in [3.05, 3.63) is 42.5 Å². The van der Waals surface area contributed by atoms with E-state index in [1.807, 2.05) is 36.4 Å².